The lowest BCUT2D eigenvalue weighted by Gasteiger charge is -2.05. The summed E-state index contributed by atoms with van der Waals surface area (Å²) in [5.41, 5.74) is 0.731. The molecule has 0 aliphatic rings. The van der Waals surface area contributed by atoms with Gasteiger partial charge < -0.3 is 14.5 Å². The van der Waals surface area contributed by atoms with Crippen LogP contribution in [0.2, 0.25) is 0 Å². The van der Waals surface area contributed by atoms with E-state index in [1.54, 1.807) is 37.5 Å². The van der Waals surface area contributed by atoms with Crippen molar-refractivity contribution in [2.45, 2.75) is 24.3 Å². The fourth-order valence-electron chi connectivity index (χ4n) is 2.23. The van der Waals surface area contributed by atoms with E-state index < -0.39 is 10.0 Å². The predicted octanol–water partition coefficient (Wildman–Crippen LogP) is 2.31. The number of rotatable bonds is 11. The Hall–Kier alpha value is -2.42. The Kier molecular flexibility index (Phi) is 8.25. The number of carbonyl (C=O) groups excluding carboxylic acids is 1. The quantitative estimate of drug-likeness (QED) is 0.452. The maximum absolute atomic E-state index is 12.3. The number of hydrogen-bond acceptors (Lipinski definition) is 5. The highest BCUT2D eigenvalue weighted by Crippen LogP contribution is 2.12. The van der Waals surface area contributed by atoms with Gasteiger partial charge in [0.25, 0.3) is 0 Å². The van der Waals surface area contributed by atoms with E-state index >= 15 is 0 Å². The number of unbranched alkanes of at least 4 members (excludes halogenated alkanes) is 1. The molecule has 2 rings (SSSR count). The van der Waals surface area contributed by atoms with Crippen LogP contribution in [0.1, 0.15) is 24.2 Å². The van der Waals surface area contributed by atoms with Gasteiger partial charge in [-0.1, -0.05) is 12.1 Å². The van der Waals surface area contributed by atoms with Gasteiger partial charge in [0.05, 0.1) is 17.7 Å². The van der Waals surface area contributed by atoms with Crippen LogP contribution in [-0.2, 0) is 26.1 Å². The average Bonchev–Trinajstić information content (AvgIpc) is 3.19. The molecule has 0 bridgehead atoms. The van der Waals surface area contributed by atoms with E-state index in [1.165, 1.54) is 24.5 Å². The van der Waals surface area contributed by atoms with Crippen molar-refractivity contribution in [3.05, 3.63) is 60.1 Å². The zero-order chi connectivity index (χ0) is 19.5. The molecule has 1 heterocycles. The number of carbonyl (C=O) groups is 1. The molecule has 1 amide bonds. The molecular weight excluding hydrogens is 368 g/mol. The smallest absolute Gasteiger partial charge is 0.243 e. The van der Waals surface area contributed by atoms with E-state index in [9.17, 15) is 13.2 Å². The Morgan fingerprint density at radius 1 is 1.19 bits per heavy atom. The third-order valence-corrected chi connectivity index (χ3v) is 5.13. The van der Waals surface area contributed by atoms with Crippen LogP contribution >= 0.6 is 0 Å². The van der Waals surface area contributed by atoms with E-state index in [1.807, 2.05) is 0 Å². The number of benzene rings is 1. The van der Waals surface area contributed by atoms with Crippen LogP contribution in [0, 0.1) is 0 Å². The van der Waals surface area contributed by atoms with Crippen molar-refractivity contribution in [2.24, 2.45) is 0 Å². The lowest BCUT2D eigenvalue weighted by Crippen LogP contribution is -2.23. The highest BCUT2D eigenvalue weighted by atomic mass is 32.2. The third-order valence-electron chi connectivity index (χ3n) is 3.71. The normalized spacial score (nSPS) is 11.7. The maximum Gasteiger partial charge on any atom is 0.243 e. The number of methoxy groups -OCH3 is 1. The van der Waals surface area contributed by atoms with Crippen molar-refractivity contribution >= 4 is 22.0 Å². The van der Waals surface area contributed by atoms with Gasteiger partial charge >= 0.3 is 0 Å². The molecule has 1 aromatic carbocycles. The summed E-state index contributed by atoms with van der Waals surface area (Å²) in [4.78, 5) is 11.9. The molecule has 0 fully saturated rings. The zero-order valence-corrected chi connectivity index (χ0v) is 16.0. The highest BCUT2D eigenvalue weighted by molar-refractivity contribution is 7.89. The molecule has 1 aromatic heterocycles. The Bertz CT molecular complexity index is 827. The number of amides is 1. The predicted molar refractivity (Wildman–Crippen MR) is 102 cm³/mol. The van der Waals surface area contributed by atoms with Crippen LogP contribution < -0.4 is 10.0 Å². The van der Waals surface area contributed by atoms with Gasteiger partial charge in [-0.3, -0.25) is 4.79 Å². The van der Waals surface area contributed by atoms with Gasteiger partial charge in [0.1, 0.15) is 5.76 Å². The van der Waals surface area contributed by atoms with Crippen LogP contribution in [0.15, 0.2) is 58.1 Å². The first-order valence-electron chi connectivity index (χ1n) is 8.58. The van der Waals surface area contributed by atoms with Gasteiger partial charge in [-0.25, -0.2) is 13.1 Å². The van der Waals surface area contributed by atoms with Gasteiger partial charge in [0.2, 0.25) is 15.9 Å². The minimum atomic E-state index is -3.63. The van der Waals surface area contributed by atoms with Crippen molar-refractivity contribution in [1.29, 1.82) is 0 Å². The largest absolute Gasteiger partial charge is 0.468 e. The second kappa shape index (κ2) is 10.7. The van der Waals surface area contributed by atoms with Crippen molar-refractivity contribution < 1.29 is 22.4 Å². The van der Waals surface area contributed by atoms with Gasteiger partial charge in [0.15, 0.2) is 0 Å². The molecule has 8 heteroatoms. The van der Waals surface area contributed by atoms with Gasteiger partial charge in [-0.05, 0) is 48.7 Å². The summed E-state index contributed by atoms with van der Waals surface area (Å²) < 4.78 is 37.0. The van der Waals surface area contributed by atoms with E-state index in [4.69, 9.17) is 9.15 Å². The van der Waals surface area contributed by atoms with Crippen LogP contribution in [0.25, 0.3) is 6.08 Å². The first-order valence-corrected chi connectivity index (χ1v) is 10.1. The van der Waals surface area contributed by atoms with Crippen molar-refractivity contribution in [3.8, 4) is 0 Å². The minimum absolute atomic E-state index is 0.0849. The second-order valence-electron chi connectivity index (χ2n) is 5.80. The van der Waals surface area contributed by atoms with E-state index in [2.05, 4.69) is 10.0 Å². The first-order chi connectivity index (χ1) is 13.0. The van der Waals surface area contributed by atoms with E-state index in [0.29, 0.717) is 18.9 Å². The molecule has 0 unspecified atom stereocenters. The summed E-state index contributed by atoms with van der Waals surface area (Å²) in [7, 11) is -1.98. The highest BCUT2D eigenvalue weighted by Gasteiger charge is 2.13. The minimum Gasteiger partial charge on any atom is -0.468 e. The van der Waals surface area contributed by atoms with Crippen LogP contribution in [0.5, 0.6) is 0 Å². The summed E-state index contributed by atoms with van der Waals surface area (Å²) in [6.07, 6.45) is 6.29. The molecule has 146 valence electrons. The summed E-state index contributed by atoms with van der Waals surface area (Å²) in [6, 6.07) is 9.66. The van der Waals surface area contributed by atoms with Gasteiger partial charge in [-0.2, -0.15) is 0 Å². The Balaban J connectivity index is 1.84. The molecule has 0 saturated heterocycles. The molecule has 27 heavy (non-hydrogen) atoms. The summed E-state index contributed by atoms with van der Waals surface area (Å²) in [5.74, 6) is 0.343. The zero-order valence-electron chi connectivity index (χ0n) is 15.2. The molecule has 7 nitrogen and oxygen atoms in total. The Morgan fingerprint density at radius 3 is 2.63 bits per heavy atom. The molecule has 2 N–H and O–H groups in total. The molecule has 0 aliphatic carbocycles. The first kappa shape index (κ1) is 20.9. The molecule has 0 spiro atoms. The number of sulfonamides is 1. The van der Waals surface area contributed by atoms with E-state index in [-0.39, 0.29) is 17.3 Å². The molecule has 0 aliphatic heterocycles. The second-order valence-corrected chi connectivity index (χ2v) is 7.56. The Morgan fingerprint density at radius 2 is 1.96 bits per heavy atom. The van der Waals surface area contributed by atoms with Crippen LogP contribution in [-0.4, -0.2) is 34.6 Å². The third kappa shape index (κ3) is 7.38. The maximum atomic E-state index is 12.3. The monoisotopic (exact) mass is 392 g/mol. The van der Waals surface area contributed by atoms with Crippen molar-refractivity contribution in [3.63, 3.8) is 0 Å². The van der Waals surface area contributed by atoms with Crippen molar-refractivity contribution in [2.75, 3.05) is 20.3 Å². The Labute approximate surface area is 159 Å². The number of hydrogen-bond donors (Lipinski definition) is 2. The molecular formula is C19H24N2O5S. The number of furan rings is 1. The molecule has 0 saturated carbocycles. The topological polar surface area (TPSA) is 97.6 Å². The average molecular weight is 392 g/mol. The number of ether oxygens (including phenoxy) is 1. The SMILES string of the molecule is COCCCCNC(=O)/C=C/c1ccc(S(=O)(=O)NCc2ccco2)cc1. The van der Waals surface area contributed by atoms with Crippen molar-refractivity contribution in [1.82, 2.24) is 10.0 Å². The lowest BCUT2D eigenvalue weighted by atomic mass is 10.2. The van der Waals surface area contributed by atoms with Gasteiger partial charge in [0, 0.05) is 26.3 Å². The molecule has 2 aromatic rings. The fraction of sp³-hybridized carbons (Fsp3) is 0.316. The molecule has 0 radical (unpaired) electrons. The van der Waals surface area contributed by atoms with Gasteiger partial charge in [-0.15, -0.1) is 0 Å². The summed E-state index contributed by atoms with van der Waals surface area (Å²) >= 11 is 0. The fourth-order valence-corrected chi connectivity index (χ4v) is 3.23. The summed E-state index contributed by atoms with van der Waals surface area (Å²) in [5, 5.41) is 2.78. The standard InChI is InChI=1S/C19H24N2O5S/c1-25-13-3-2-12-20-19(22)11-8-16-6-9-18(10-7-16)27(23,24)21-15-17-5-4-14-26-17/h4-11,14,21H,2-3,12-13,15H2,1H3,(H,20,22)/b11-8+. The van der Waals surface area contributed by atoms with Crippen LogP contribution in [0.3, 0.4) is 0 Å². The van der Waals surface area contributed by atoms with Crippen LogP contribution in [0.4, 0.5) is 0 Å². The molecule has 0 atom stereocenters. The lowest BCUT2D eigenvalue weighted by molar-refractivity contribution is -0.116. The number of nitrogens with one attached hydrogen (secondary N) is 2. The summed E-state index contributed by atoms with van der Waals surface area (Å²) in [6.45, 7) is 1.35. The van der Waals surface area contributed by atoms with E-state index in [0.717, 1.165) is 18.4 Å².